The van der Waals surface area contributed by atoms with Gasteiger partial charge in [0.25, 0.3) is 0 Å². The van der Waals surface area contributed by atoms with Gasteiger partial charge in [-0.15, -0.1) is 0 Å². The van der Waals surface area contributed by atoms with Crippen molar-refractivity contribution in [2.75, 3.05) is 31.1 Å². The van der Waals surface area contributed by atoms with Gasteiger partial charge >= 0.3 is 0 Å². The summed E-state index contributed by atoms with van der Waals surface area (Å²) in [5, 5.41) is 6.01. The molecule has 3 heterocycles. The molecule has 0 bridgehead atoms. The predicted octanol–water partition coefficient (Wildman–Crippen LogP) is 2.66. The van der Waals surface area contributed by atoms with Gasteiger partial charge in [0.1, 0.15) is 12.0 Å². The molecule has 0 saturated carbocycles. The normalized spacial score (nSPS) is 14.7. The summed E-state index contributed by atoms with van der Waals surface area (Å²) in [7, 11) is 0. The van der Waals surface area contributed by atoms with Gasteiger partial charge in [0.15, 0.2) is 5.58 Å². The van der Waals surface area contributed by atoms with Crippen LogP contribution in [0.15, 0.2) is 59.5 Å². The van der Waals surface area contributed by atoms with Crippen LogP contribution in [0.1, 0.15) is 5.69 Å². The average Bonchev–Trinajstić information content (AvgIpc) is 3.16. The van der Waals surface area contributed by atoms with Gasteiger partial charge < -0.3 is 14.3 Å². The van der Waals surface area contributed by atoms with E-state index in [-0.39, 0.29) is 12.3 Å². The number of nitrogens with zero attached hydrogens (tertiary/aromatic N) is 5. The van der Waals surface area contributed by atoms with Gasteiger partial charge in [-0.3, -0.25) is 4.79 Å². The molecule has 140 valence electrons. The number of fused-ring (bicyclic) bond motifs is 2. The van der Waals surface area contributed by atoms with Crippen molar-refractivity contribution in [3.05, 3.63) is 60.7 Å². The van der Waals surface area contributed by atoms with Crippen molar-refractivity contribution in [3.63, 3.8) is 0 Å². The Balaban J connectivity index is 1.25. The first-order valence-electron chi connectivity index (χ1n) is 9.34. The molecule has 1 aliphatic heterocycles. The van der Waals surface area contributed by atoms with Crippen LogP contribution in [0.3, 0.4) is 0 Å². The van der Waals surface area contributed by atoms with Crippen molar-refractivity contribution in [3.8, 4) is 0 Å². The fraction of sp³-hybridized carbons (Fsp3) is 0.238. The minimum absolute atomic E-state index is 0.0885. The second kappa shape index (κ2) is 6.92. The van der Waals surface area contributed by atoms with E-state index in [2.05, 4.69) is 32.2 Å². The number of amides is 1. The van der Waals surface area contributed by atoms with Crippen LogP contribution in [0.4, 0.5) is 5.69 Å². The number of hydrogen-bond donors (Lipinski definition) is 0. The highest BCUT2D eigenvalue weighted by molar-refractivity contribution is 5.86. The lowest BCUT2D eigenvalue weighted by Crippen LogP contribution is -2.49. The van der Waals surface area contributed by atoms with Crippen LogP contribution >= 0.6 is 0 Å². The highest BCUT2D eigenvalue weighted by atomic mass is 16.5. The molecule has 0 spiro atoms. The van der Waals surface area contributed by atoms with Crippen molar-refractivity contribution >= 4 is 33.5 Å². The van der Waals surface area contributed by atoms with E-state index in [1.807, 2.05) is 41.4 Å². The number of carbonyl (C=O) groups excluding carboxylic acids is 1. The van der Waals surface area contributed by atoms with Crippen molar-refractivity contribution in [1.82, 2.24) is 20.0 Å². The standard InChI is InChI=1S/C21H19N5O2/c27-21(12-19-17-3-1-2-4-20(17)28-24-19)26-9-7-25(8-10-26)16-5-6-18-15(11-16)13-22-14-23-18/h1-6,11,13-14H,7-10,12H2. The van der Waals surface area contributed by atoms with E-state index in [0.29, 0.717) is 18.8 Å². The lowest BCUT2D eigenvalue weighted by molar-refractivity contribution is -0.130. The van der Waals surface area contributed by atoms with Crippen molar-refractivity contribution < 1.29 is 9.32 Å². The Morgan fingerprint density at radius 3 is 2.82 bits per heavy atom. The van der Waals surface area contributed by atoms with Gasteiger partial charge in [-0.25, -0.2) is 9.97 Å². The molecule has 1 aliphatic rings. The van der Waals surface area contributed by atoms with Crippen LogP contribution in [0.25, 0.3) is 21.9 Å². The molecule has 0 N–H and O–H groups in total. The Labute approximate surface area is 161 Å². The predicted molar refractivity (Wildman–Crippen MR) is 106 cm³/mol. The van der Waals surface area contributed by atoms with E-state index in [9.17, 15) is 4.79 Å². The van der Waals surface area contributed by atoms with Gasteiger partial charge in [-0.1, -0.05) is 17.3 Å². The number of hydrogen-bond acceptors (Lipinski definition) is 6. The second-order valence-corrected chi connectivity index (χ2v) is 6.94. The van der Waals surface area contributed by atoms with Crippen LogP contribution in [0.5, 0.6) is 0 Å². The van der Waals surface area contributed by atoms with Gasteiger partial charge in [-0.05, 0) is 30.3 Å². The molecule has 1 saturated heterocycles. The second-order valence-electron chi connectivity index (χ2n) is 6.94. The SMILES string of the molecule is O=C(Cc1noc2ccccc12)N1CCN(c2ccc3ncncc3c2)CC1. The number of piperazine rings is 1. The largest absolute Gasteiger partial charge is 0.368 e. The van der Waals surface area contributed by atoms with Gasteiger partial charge in [-0.2, -0.15) is 0 Å². The van der Waals surface area contributed by atoms with Gasteiger partial charge in [0, 0.05) is 48.8 Å². The molecular formula is C21H19N5O2. The monoisotopic (exact) mass is 373 g/mol. The lowest BCUT2D eigenvalue weighted by Gasteiger charge is -2.36. The Morgan fingerprint density at radius 1 is 1.07 bits per heavy atom. The van der Waals surface area contributed by atoms with Crippen LogP contribution in [-0.2, 0) is 11.2 Å². The molecule has 0 atom stereocenters. The number of para-hydroxylation sites is 1. The molecular weight excluding hydrogens is 354 g/mol. The van der Waals surface area contributed by atoms with E-state index >= 15 is 0 Å². The molecule has 2 aromatic carbocycles. The molecule has 7 nitrogen and oxygen atoms in total. The summed E-state index contributed by atoms with van der Waals surface area (Å²) < 4.78 is 5.31. The third-order valence-corrected chi connectivity index (χ3v) is 5.26. The Hall–Kier alpha value is -3.48. The number of aromatic nitrogens is 3. The minimum Gasteiger partial charge on any atom is -0.368 e. The smallest absolute Gasteiger partial charge is 0.228 e. The zero-order valence-electron chi connectivity index (χ0n) is 15.3. The fourth-order valence-corrected chi connectivity index (χ4v) is 3.70. The molecule has 1 amide bonds. The molecule has 4 aromatic rings. The van der Waals surface area contributed by atoms with Gasteiger partial charge in [0.05, 0.1) is 11.9 Å². The lowest BCUT2D eigenvalue weighted by atomic mass is 10.1. The molecule has 1 fully saturated rings. The van der Waals surface area contributed by atoms with Crippen LogP contribution in [0.2, 0.25) is 0 Å². The number of anilines is 1. The first-order chi connectivity index (χ1) is 13.8. The minimum atomic E-state index is 0.0885. The highest BCUT2D eigenvalue weighted by Crippen LogP contribution is 2.22. The summed E-state index contributed by atoms with van der Waals surface area (Å²) in [4.78, 5) is 25.3. The molecule has 2 aromatic heterocycles. The third-order valence-electron chi connectivity index (χ3n) is 5.26. The van der Waals surface area contributed by atoms with E-state index < -0.39 is 0 Å². The Morgan fingerprint density at radius 2 is 1.93 bits per heavy atom. The van der Waals surface area contributed by atoms with Crippen LogP contribution in [0, 0.1) is 0 Å². The van der Waals surface area contributed by atoms with E-state index in [0.717, 1.165) is 40.6 Å². The molecule has 28 heavy (non-hydrogen) atoms. The highest BCUT2D eigenvalue weighted by Gasteiger charge is 2.23. The molecule has 0 aliphatic carbocycles. The summed E-state index contributed by atoms with van der Waals surface area (Å²) in [5.74, 6) is 0.0885. The third kappa shape index (κ3) is 3.05. The Kier molecular flexibility index (Phi) is 4.12. The number of rotatable bonds is 3. The molecule has 7 heteroatoms. The zero-order chi connectivity index (χ0) is 18.9. The molecule has 5 rings (SSSR count). The summed E-state index contributed by atoms with van der Waals surface area (Å²) in [6, 6.07) is 13.8. The summed E-state index contributed by atoms with van der Waals surface area (Å²) >= 11 is 0. The van der Waals surface area contributed by atoms with Crippen molar-refractivity contribution in [1.29, 1.82) is 0 Å². The first-order valence-corrected chi connectivity index (χ1v) is 9.34. The number of carbonyl (C=O) groups is 1. The fourth-order valence-electron chi connectivity index (χ4n) is 3.70. The van der Waals surface area contributed by atoms with Gasteiger partial charge in [0.2, 0.25) is 5.91 Å². The average molecular weight is 373 g/mol. The Bertz CT molecular complexity index is 1150. The quantitative estimate of drug-likeness (QED) is 0.550. The first kappa shape index (κ1) is 16.7. The van der Waals surface area contributed by atoms with Crippen molar-refractivity contribution in [2.45, 2.75) is 6.42 Å². The van der Waals surface area contributed by atoms with E-state index in [1.54, 1.807) is 6.33 Å². The zero-order valence-corrected chi connectivity index (χ0v) is 15.3. The van der Waals surface area contributed by atoms with Crippen LogP contribution < -0.4 is 4.90 Å². The topological polar surface area (TPSA) is 75.4 Å². The summed E-state index contributed by atoms with van der Waals surface area (Å²) in [5.41, 5.74) is 3.50. The van der Waals surface area contributed by atoms with E-state index in [1.165, 1.54) is 0 Å². The maximum Gasteiger partial charge on any atom is 0.228 e. The van der Waals surface area contributed by atoms with E-state index in [4.69, 9.17) is 4.52 Å². The molecule has 0 unspecified atom stereocenters. The maximum atomic E-state index is 12.7. The summed E-state index contributed by atoms with van der Waals surface area (Å²) in [6.45, 7) is 2.98. The summed E-state index contributed by atoms with van der Waals surface area (Å²) in [6.07, 6.45) is 3.66. The maximum absolute atomic E-state index is 12.7. The number of benzene rings is 2. The van der Waals surface area contributed by atoms with Crippen molar-refractivity contribution in [2.24, 2.45) is 0 Å². The molecule has 0 radical (unpaired) electrons. The van der Waals surface area contributed by atoms with Crippen LogP contribution in [-0.4, -0.2) is 52.1 Å².